The van der Waals surface area contributed by atoms with E-state index in [2.05, 4.69) is 22.5 Å². The van der Waals surface area contributed by atoms with Crippen molar-refractivity contribution >= 4 is 17.4 Å². The molecule has 1 aliphatic rings. The molecule has 1 unspecified atom stereocenters. The highest BCUT2D eigenvalue weighted by Gasteiger charge is 2.39. The van der Waals surface area contributed by atoms with Crippen LogP contribution in [0.3, 0.4) is 0 Å². The molecule has 2 rings (SSSR count). The number of amides is 1. The van der Waals surface area contributed by atoms with Gasteiger partial charge in [-0.05, 0) is 53.9 Å². The number of aromatic nitrogens is 1. The van der Waals surface area contributed by atoms with Gasteiger partial charge < -0.3 is 15.4 Å². The van der Waals surface area contributed by atoms with Crippen LogP contribution in [0.25, 0.3) is 0 Å². The number of nitrogens with one attached hydrogen (secondary N) is 2. The third kappa shape index (κ3) is 4.43. The fourth-order valence-corrected chi connectivity index (χ4v) is 3.47. The quantitative estimate of drug-likeness (QED) is 0.869. The molecular weight excluding hydrogens is 298 g/mol. The summed E-state index contributed by atoms with van der Waals surface area (Å²) in [6.45, 7) is 10.6. The van der Waals surface area contributed by atoms with Gasteiger partial charge in [0.05, 0.1) is 16.7 Å². The molecule has 0 bridgehead atoms. The van der Waals surface area contributed by atoms with Gasteiger partial charge in [-0.25, -0.2) is 9.78 Å². The largest absolute Gasteiger partial charge is 0.444 e. The molecule has 1 aliphatic carbocycles. The fourth-order valence-electron chi connectivity index (χ4n) is 2.64. The molecule has 2 N–H and O–H groups in total. The van der Waals surface area contributed by atoms with Crippen LogP contribution < -0.4 is 10.6 Å². The van der Waals surface area contributed by atoms with Crippen LogP contribution in [0.1, 0.15) is 63.6 Å². The van der Waals surface area contributed by atoms with E-state index in [0.29, 0.717) is 0 Å². The Kier molecular flexibility index (Phi) is 5.12. The number of thiazole rings is 1. The average molecular weight is 325 g/mol. The van der Waals surface area contributed by atoms with Crippen molar-refractivity contribution in [2.45, 2.75) is 71.1 Å². The molecule has 1 fully saturated rings. The van der Waals surface area contributed by atoms with Crippen molar-refractivity contribution in [2.24, 2.45) is 0 Å². The summed E-state index contributed by atoms with van der Waals surface area (Å²) in [6, 6.07) is 0.241. The summed E-state index contributed by atoms with van der Waals surface area (Å²) in [6.07, 6.45) is 2.81. The van der Waals surface area contributed by atoms with E-state index in [1.54, 1.807) is 11.3 Å². The third-order valence-electron chi connectivity index (χ3n) is 4.00. The number of carbonyl (C=O) groups excluding carboxylic acids is 1. The van der Waals surface area contributed by atoms with E-state index in [4.69, 9.17) is 4.74 Å². The molecule has 6 heteroatoms. The van der Waals surface area contributed by atoms with E-state index in [-0.39, 0.29) is 17.7 Å². The molecule has 22 heavy (non-hydrogen) atoms. The number of alkyl carbamates (subject to hydrolysis) is 1. The summed E-state index contributed by atoms with van der Waals surface area (Å²) in [4.78, 5) is 17.6. The van der Waals surface area contributed by atoms with Gasteiger partial charge in [-0.15, -0.1) is 11.3 Å². The van der Waals surface area contributed by atoms with Crippen molar-refractivity contribution < 1.29 is 9.53 Å². The van der Waals surface area contributed by atoms with Gasteiger partial charge in [0.15, 0.2) is 0 Å². The van der Waals surface area contributed by atoms with E-state index >= 15 is 0 Å². The molecule has 1 heterocycles. The van der Waals surface area contributed by atoms with Gasteiger partial charge in [0, 0.05) is 17.5 Å². The number of ether oxygens (including phenoxy) is 1. The van der Waals surface area contributed by atoms with E-state index in [0.717, 1.165) is 31.5 Å². The second-order valence-corrected chi connectivity index (χ2v) is 8.05. The second-order valence-electron chi connectivity index (χ2n) is 7.17. The van der Waals surface area contributed by atoms with Gasteiger partial charge in [0.1, 0.15) is 5.60 Å². The molecule has 124 valence electrons. The summed E-state index contributed by atoms with van der Waals surface area (Å²) < 4.78 is 5.38. The minimum absolute atomic E-state index is 0.171. The molecule has 1 aromatic heterocycles. The normalized spacial score (nSPS) is 18.4. The first-order chi connectivity index (χ1) is 10.2. The van der Waals surface area contributed by atoms with Crippen molar-refractivity contribution in [1.82, 2.24) is 15.6 Å². The molecule has 0 saturated heterocycles. The van der Waals surface area contributed by atoms with E-state index < -0.39 is 5.60 Å². The Morgan fingerprint density at radius 3 is 2.64 bits per heavy atom. The predicted molar refractivity (Wildman–Crippen MR) is 89.2 cm³/mol. The van der Waals surface area contributed by atoms with Crippen LogP contribution in [0.4, 0.5) is 4.79 Å². The zero-order chi connectivity index (χ0) is 16.4. The standard InChI is InChI=1S/C16H27N3O2S/c1-11(13-12(2)18-10-22-13)17-9-16(7-6-8-16)19-14(20)21-15(3,4)5/h10-11,17H,6-9H2,1-5H3,(H,19,20). The maximum atomic E-state index is 12.0. The third-order valence-corrected chi connectivity index (χ3v) is 5.11. The first kappa shape index (κ1) is 17.2. The van der Waals surface area contributed by atoms with Crippen molar-refractivity contribution in [1.29, 1.82) is 0 Å². The highest BCUT2D eigenvalue weighted by Crippen LogP contribution is 2.32. The van der Waals surface area contributed by atoms with Crippen LogP contribution in [0.5, 0.6) is 0 Å². The van der Waals surface area contributed by atoms with Gasteiger partial charge >= 0.3 is 6.09 Å². The minimum Gasteiger partial charge on any atom is -0.444 e. The topological polar surface area (TPSA) is 63.2 Å². The molecular formula is C16H27N3O2S. The minimum atomic E-state index is -0.463. The SMILES string of the molecule is Cc1ncsc1C(C)NCC1(NC(=O)OC(C)(C)C)CCC1. The zero-order valence-corrected chi connectivity index (χ0v) is 15.0. The lowest BCUT2D eigenvalue weighted by atomic mass is 9.76. The predicted octanol–water partition coefficient (Wildman–Crippen LogP) is 3.55. The molecule has 0 radical (unpaired) electrons. The van der Waals surface area contributed by atoms with Crippen LogP contribution in [0.2, 0.25) is 0 Å². The van der Waals surface area contributed by atoms with Crippen molar-refractivity contribution in [2.75, 3.05) is 6.54 Å². The highest BCUT2D eigenvalue weighted by atomic mass is 32.1. The Morgan fingerprint density at radius 1 is 1.50 bits per heavy atom. The van der Waals surface area contributed by atoms with Crippen molar-refractivity contribution in [3.8, 4) is 0 Å². The Hall–Kier alpha value is -1.14. The molecule has 1 atom stereocenters. The molecule has 0 aromatic carbocycles. The lowest BCUT2D eigenvalue weighted by Crippen LogP contribution is -2.60. The van der Waals surface area contributed by atoms with Crippen molar-refractivity contribution in [3.63, 3.8) is 0 Å². The second kappa shape index (κ2) is 6.54. The number of carbonyl (C=O) groups is 1. The highest BCUT2D eigenvalue weighted by molar-refractivity contribution is 7.09. The van der Waals surface area contributed by atoms with Crippen LogP contribution in [-0.2, 0) is 4.74 Å². The van der Waals surface area contributed by atoms with Crippen LogP contribution in [0, 0.1) is 6.92 Å². The monoisotopic (exact) mass is 325 g/mol. The molecule has 1 aromatic rings. The fraction of sp³-hybridized carbons (Fsp3) is 0.750. The van der Waals surface area contributed by atoms with Crippen LogP contribution in [0.15, 0.2) is 5.51 Å². The van der Waals surface area contributed by atoms with Gasteiger partial charge in [0.25, 0.3) is 0 Å². The summed E-state index contributed by atoms with van der Waals surface area (Å²) in [7, 11) is 0. The molecule has 5 nitrogen and oxygen atoms in total. The number of rotatable bonds is 5. The van der Waals surface area contributed by atoms with Gasteiger partial charge in [0.2, 0.25) is 0 Å². The summed E-state index contributed by atoms with van der Waals surface area (Å²) in [5.74, 6) is 0. The Morgan fingerprint density at radius 2 is 2.18 bits per heavy atom. The Bertz CT molecular complexity index is 518. The lowest BCUT2D eigenvalue weighted by Gasteiger charge is -2.43. The summed E-state index contributed by atoms with van der Waals surface area (Å²) in [5.41, 5.74) is 2.32. The Balaban J connectivity index is 1.89. The number of hydrogen-bond donors (Lipinski definition) is 2. The summed E-state index contributed by atoms with van der Waals surface area (Å²) in [5, 5.41) is 6.60. The average Bonchev–Trinajstić information content (AvgIpc) is 2.76. The molecule has 1 saturated carbocycles. The van der Waals surface area contributed by atoms with Crippen LogP contribution in [-0.4, -0.2) is 28.8 Å². The maximum absolute atomic E-state index is 12.0. The smallest absolute Gasteiger partial charge is 0.408 e. The number of hydrogen-bond acceptors (Lipinski definition) is 5. The molecule has 1 amide bonds. The first-order valence-corrected chi connectivity index (χ1v) is 8.73. The molecule has 0 spiro atoms. The van der Waals surface area contributed by atoms with Gasteiger partial charge in [-0.1, -0.05) is 0 Å². The lowest BCUT2D eigenvalue weighted by molar-refractivity contribution is 0.0379. The molecule has 0 aliphatic heterocycles. The zero-order valence-electron chi connectivity index (χ0n) is 14.2. The number of nitrogens with zero attached hydrogens (tertiary/aromatic N) is 1. The van der Waals surface area contributed by atoms with Gasteiger partial charge in [-0.2, -0.15) is 0 Å². The first-order valence-electron chi connectivity index (χ1n) is 7.85. The van der Waals surface area contributed by atoms with Crippen LogP contribution >= 0.6 is 11.3 Å². The van der Waals surface area contributed by atoms with E-state index in [9.17, 15) is 4.79 Å². The maximum Gasteiger partial charge on any atom is 0.408 e. The number of aryl methyl sites for hydroxylation is 1. The Labute approximate surface area is 136 Å². The van der Waals surface area contributed by atoms with E-state index in [1.165, 1.54) is 4.88 Å². The van der Waals surface area contributed by atoms with Gasteiger partial charge in [-0.3, -0.25) is 0 Å². The van der Waals surface area contributed by atoms with Crippen molar-refractivity contribution in [3.05, 3.63) is 16.1 Å². The van der Waals surface area contributed by atoms with E-state index in [1.807, 2.05) is 33.2 Å². The summed E-state index contributed by atoms with van der Waals surface area (Å²) >= 11 is 1.67.